The van der Waals surface area contributed by atoms with Crippen LogP contribution in [-0.4, -0.2) is 60.4 Å². The molecule has 2 aromatic carbocycles. The summed E-state index contributed by atoms with van der Waals surface area (Å²) in [6.45, 7) is 9.17. The van der Waals surface area contributed by atoms with E-state index in [0.717, 1.165) is 16.7 Å². The molecular weight excluding hydrogens is 488 g/mol. The standard InChI is InChI=1S/C29H31ClN4O3/c1-19(2)7-5-8-20(3)27-26(21-11-13-23(30)14-12-21)32-28(22-9-6-10-24(17-22)37-4)34(27)29(36)33-16-15-31-25(35)18-33/h5-14,17,26-27H,3,15-16,18H2,1-2,4H3,(H,31,35)/b8-5-. The predicted molar refractivity (Wildman–Crippen MR) is 147 cm³/mol. The van der Waals surface area contributed by atoms with Crippen molar-refractivity contribution in [1.29, 1.82) is 0 Å². The van der Waals surface area contributed by atoms with Gasteiger partial charge < -0.3 is 15.0 Å². The molecule has 1 N–H and O–H groups in total. The summed E-state index contributed by atoms with van der Waals surface area (Å²) in [7, 11) is 1.60. The third-order valence-electron chi connectivity index (χ3n) is 6.24. The molecule has 2 aliphatic heterocycles. The highest BCUT2D eigenvalue weighted by molar-refractivity contribution is 6.30. The smallest absolute Gasteiger partial charge is 0.326 e. The van der Waals surface area contributed by atoms with E-state index in [1.165, 1.54) is 0 Å². The van der Waals surface area contributed by atoms with Crippen LogP contribution in [0.4, 0.5) is 4.79 Å². The third-order valence-corrected chi connectivity index (χ3v) is 6.49. The SMILES string of the molecule is C=C(/C=C\C=C(C)C)C1C(c2ccc(Cl)cc2)N=C(c2cccc(OC)c2)N1C(=O)N1CCNC(=O)C1. The Morgan fingerprint density at radius 3 is 2.65 bits per heavy atom. The molecule has 8 heteroatoms. The molecule has 2 atom stereocenters. The van der Waals surface area contributed by atoms with Gasteiger partial charge in [0, 0.05) is 23.7 Å². The van der Waals surface area contributed by atoms with Crippen molar-refractivity contribution >= 4 is 29.4 Å². The summed E-state index contributed by atoms with van der Waals surface area (Å²) in [6, 6.07) is 13.7. The lowest BCUT2D eigenvalue weighted by Crippen LogP contribution is -2.56. The Kier molecular flexibility index (Phi) is 8.14. The first kappa shape index (κ1) is 26.2. The van der Waals surface area contributed by atoms with Crippen LogP contribution in [0.1, 0.15) is 31.0 Å². The summed E-state index contributed by atoms with van der Waals surface area (Å²) in [5, 5.41) is 3.40. The minimum atomic E-state index is -0.512. The number of benzene rings is 2. The van der Waals surface area contributed by atoms with Gasteiger partial charge in [-0.05, 0) is 49.2 Å². The molecule has 2 unspecified atom stereocenters. The minimum absolute atomic E-state index is 0.0147. The van der Waals surface area contributed by atoms with E-state index < -0.39 is 12.1 Å². The van der Waals surface area contributed by atoms with Crippen LogP contribution in [-0.2, 0) is 4.79 Å². The number of aliphatic imine (C=N–C) groups is 1. The first-order valence-electron chi connectivity index (χ1n) is 12.1. The van der Waals surface area contributed by atoms with Crippen molar-refractivity contribution in [3.8, 4) is 5.75 Å². The Bertz CT molecular complexity index is 1280. The number of amidine groups is 1. The lowest BCUT2D eigenvalue weighted by atomic mass is 9.94. The second-order valence-electron chi connectivity index (χ2n) is 9.23. The van der Waals surface area contributed by atoms with Gasteiger partial charge in [-0.2, -0.15) is 0 Å². The number of allylic oxidation sites excluding steroid dienone is 3. The van der Waals surface area contributed by atoms with Crippen LogP contribution in [0.2, 0.25) is 5.02 Å². The average Bonchev–Trinajstić information content (AvgIpc) is 3.29. The van der Waals surface area contributed by atoms with E-state index in [0.29, 0.717) is 35.3 Å². The van der Waals surface area contributed by atoms with E-state index in [4.69, 9.17) is 21.3 Å². The highest BCUT2D eigenvalue weighted by Crippen LogP contribution is 2.38. The Labute approximate surface area is 222 Å². The molecule has 1 fully saturated rings. The molecule has 0 saturated carbocycles. The fourth-order valence-corrected chi connectivity index (χ4v) is 4.55. The van der Waals surface area contributed by atoms with Crippen molar-refractivity contribution in [1.82, 2.24) is 15.1 Å². The number of rotatable bonds is 6. The van der Waals surface area contributed by atoms with Crippen LogP contribution in [0.25, 0.3) is 0 Å². The van der Waals surface area contributed by atoms with E-state index in [9.17, 15) is 9.59 Å². The number of piperazine rings is 1. The van der Waals surface area contributed by atoms with Crippen LogP contribution >= 0.6 is 11.6 Å². The molecule has 0 aliphatic carbocycles. The Hall–Kier alpha value is -3.84. The number of hydrogen-bond donors (Lipinski definition) is 1. The third kappa shape index (κ3) is 5.94. The van der Waals surface area contributed by atoms with Crippen molar-refractivity contribution in [3.05, 3.63) is 101 Å². The van der Waals surface area contributed by atoms with Crippen molar-refractivity contribution in [2.24, 2.45) is 4.99 Å². The highest BCUT2D eigenvalue weighted by Gasteiger charge is 2.44. The molecule has 7 nitrogen and oxygen atoms in total. The maximum atomic E-state index is 14.1. The number of nitrogens with zero attached hydrogens (tertiary/aromatic N) is 3. The largest absolute Gasteiger partial charge is 0.497 e. The van der Waals surface area contributed by atoms with Gasteiger partial charge in [0.1, 0.15) is 24.2 Å². The fraction of sp³-hybridized carbons (Fsp3) is 0.276. The molecule has 2 aliphatic rings. The molecule has 37 heavy (non-hydrogen) atoms. The van der Waals surface area contributed by atoms with Crippen molar-refractivity contribution in [3.63, 3.8) is 0 Å². The number of nitrogens with one attached hydrogen (secondary N) is 1. The summed E-state index contributed by atoms with van der Waals surface area (Å²) >= 11 is 6.17. The van der Waals surface area contributed by atoms with Crippen LogP contribution in [0, 0.1) is 0 Å². The van der Waals surface area contributed by atoms with Gasteiger partial charge in [0.25, 0.3) is 0 Å². The number of ether oxygens (including phenoxy) is 1. The molecule has 3 amide bonds. The summed E-state index contributed by atoms with van der Waals surface area (Å²) in [5.41, 5.74) is 3.49. The summed E-state index contributed by atoms with van der Waals surface area (Å²) in [4.78, 5) is 34.5. The second kappa shape index (κ2) is 11.5. The van der Waals surface area contributed by atoms with E-state index in [1.54, 1.807) is 16.9 Å². The van der Waals surface area contributed by atoms with Gasteiger partial charge in [0.05, 0.1) is 13.2 Å². The molecule has 0 aromatic heterocycles. The minimum Gasteiger partial charge on any atom is -0.497 e. The second-order valence-corrected chi connectivity index (χ2v) is 9.66. The van der Waals surface area contributed by atoms with Crippen molar-refractivity contribution in [2.45, 2.75) is 25.9 Å². The number of amides is 3. The van der Waals surface area contributed by atoms with Gasteiger partial charge in [-0.1, -0.05) is 66.2 Å². The molecule has 0 radical (unpaired) electrons. The molecule has 0 bridgehead atoms. The van der Waals surface area contributed by atoms with Crippen molar-refractivity contribution in [2.75, 3.05) is 26.7 Å². The molecule has 1 saturated heterocycles. The molecule has 4 rings (SSSR count). The van der Waals surface area contributed by atoms with Gasteiger partial charge in [0.2, 0.25) is 5.91 Å². The number of urea groups is 1. The lowest BCUT2D eigenvalue weighted by Gasteiger charge is -2.35. The number of hydrogen-bond acceptors (Lipinski definition) is 4. The summed E-state index contributed by atoms with van der Waals surface area (Å²) in [5.74, 6) is 0.960. The zero-order chi connectivity index (χ0) is 26.5. The Morgan fingerprint density at radius 2 is 1.97 bits per heavy atom. The van der Waals surface area contributed by atoms with Crippen LogP contribution < -0.4 is 10.1 Å². The first-order chi connectivity index (χ1) is 17.8. The van der Waals surface area contributed by atoms with E-state index in [1.807, 2.05) is 80.6 Å². The number of methoxy groups -OCH3 is 1. The predicted octanol–water partition coefficient (Wildman–Crippen LogP) is 5.15. The maximum absolute atomic E-state index is 14.1. The Balaban J connectivity index is 1.85. The zero-order valence-electron chi connectivity index (χ0n) is 21.3. The summed E-state index contributed by atoms with van der Waals surface area (Å²) < 4.78 is 5.44. The van der Waals surface area contributed by atoms with Crippen LogP contribution in [0.15, 0.2) is 89.5 Å². The summed E-state index contributed by atoms with van der Waals surface area (Å²) in [6.07, 6.45) is 5.83. The maximum Gasteiger partial charge on any atom is 0.326 e. The number of carbonyl (C=O) groups excluding carboxylic acids is 2. The van der Waals surface area contributed by atoms with Gasteiger partial charge in [-0.25, -0.2) is 4.79 Å². The topological polar surface area (TPSA) is 74.2 Å². The first-order valence-corrected chi connectivity index (χ1v) is 12.5. The van der Waals surface area contributed by atoms with Crippen LogP contribution in [0.3, 0.4) is 0 Å². The lowest BCUT2D eigenvalue weighted by molar-refractivity contribution is -0.123. The average molecular weight is 519 g/mol. The molecule has 192 valence electrons. The van der Waals surface area contributed by atoms with Gasteiger partial charge in [-0.3, -0.25) is 14.7 Å². The van der Waals surface area contributed by atoms with E-state index >= 15 is 0 Å². The molecule has 0 spiro atoms. The highest BCUT2D eigenvalue weighted by atomic mass is 35.5. The quantitative estimate of drug-likeness (QED) is 0.537. The van der Waals surface area contributed by atoms with Crippen molar-refractivity contribution < 1.29 is 14.3 Å². The fourth-order valence-electron chi connectivity index (χ4n) is 4.43. The van der Waals surface area contributed by atoms with Crippen LogP contribution in [0.5, 0.6) is 5.75 Å². The number of halogens is 1. The van der Waals surface area contributed by atoms with E-state index in [2.05, 4.69) is 11.9 Å². The van der Waals surface area contributed by atoms with Gasteiger partial charge in [0.15, 0.2) is 0 Å². The normalized spacial score (nSPS) is 19.5. The zero-order valence-corrected chi connectivity index (χ0v) is 22.0. The molecule has 2 heterocycles. The Morgan fingerprint density at radius 1 is 1.22 bits per heavy atom. The molecular formula is C29H31ClN4O3. The number of carbonyl (C=O) groups is 2. The van der Waals surface area contributed by atoms with E-state index in [-0.39, 0.29) is 18.5 Å². The van der Waals surface area contributed by atoms with Gasteiger partial charge >= 0.3 is 6.03 Å². The van der Waals surface area contributed by atoms with Gasteiger partial charge in [-0.15, -0.1) is 0 Å². The monoisotopic (exact) mass is 518 g/mol. The molecule has 2 aromatic rings.